The van der Waals surface area contributed by atoms with Gasteiger partial charge < -0.3 is 35.6 Å². The highest BCUT2D eigenvalue weighted by molar-refractivity contribution is 5.61. The average molecular weight is 347 g/mol. The molecule has 5 N–H and O–H groups in total. The minimum absolute atomic E-state index is 0.366. The second-order valence-electron chi connectivity index (χ2n) is 5.82. The molecule has 1 saturated heterocycles. The van der Waals surface area contributed by atoms with Crippen molar-refractivity contribution in [2.45, 2.75) is 24.5 Å². The van der Waals surface area contributed by atoms with Crippen LogP contribution >= 0.6 is 0 Å². The maximum atomic E-state index is 12.3. The zero-order valence-corrected chi connectivity index (χ0v) is 13.0. The van der Waals surface area contributed by atoms with Crippen molar-refractivity contribution in [3.63, 3.8) is 0 Å². The van der Waals surface area contributed by atoms with Gasteiger partial charge in [0.05, 0.1) is 24.7 Å². The molecule has 0 aromatic carbocycles. The largest absolute Gasteiger partial charge is 0.754 e. The molecular weight excluding hydrogens is 330 g/mol. The van der Waals surface area contributed by atoms with Gasteiger partial charge in [-0.15, -0.1) is 0 Å². The summed E-state index contributed by atoms with van der Waals surface area (Å²) in [4.78, 5) is 3.91. The van der Waals surface area contributed by atoms with Gasteiger partial charge in [-0.3, -0.25) is 0 Å². The third-order valence-corrected chi connectivity index (χ3v) is 4.31. The molecule has 1 aromatic rings. The molecule has 0 aliphatic carbocycles. The van der Waals surface area contributed by atoms with E-state index in [0.29, 0.717) is 27.6 Å². The standard InChI is InChI=1S/C15H16N5O5/c21-6-11-12(22)13(23)15(25-11)18-8-2-1-3-19-10(8)5-20(24)9-4-16-7-17-14(9)19/h1-5,7,11-13,15,18,21-23H,6H2/q-1/p+1/t11-,12-,13-,15-/m1/s1. The highest BCUT2D eigenvalue weighted by Crippen LogP contribution is 2.22. The first-order valence-electron chi connectivity index (χ1n) is 7.71. The first-order valence-corrected chi connectivity index (χ1v) is 7.71. The molecule has 0 unspecified atom stereocenters. The lowest BCUT2D eigenvalue weighted by atomic mass is 10.1. The van der Waals surface area contributed by atoms with Crippen LogP contribution in [-0.4, -0.2) is 57.9 Å². The predicted octanol–water partition coefficient (Wildman–Crippen LogP) is -2.81. The second-order valence-corrected chi connectivity index (χ2v) is 5.82. The molecule has 0 bridgehead atoms. The van der Waals surface area contributed by atoms with E-state index in [9.17, 15) is 20.5 Å². The maximum absolute atomic E-state index is 12.3. The van der Waals surface area contributed by atoms with Gasteiger partial charge in [0.25, 0.3) is 0 Å². The lowest BCUT2D eigenvalue weighted by Gasteiger charge is -2.30. The summed E-state index contributed by atoms with van der Waals surface area (Å²) >= 11 is 0. The van der Waals surface area contributed by atoms with E-state index in [1.54, 1.807) is 22.6 Å². The van der Waals surface area contributed by atoms with E-state index < -0.39 is 31.1 Å². The minimum Gasteiger partial charge on any atom is -0.754 e. The number of fused-ring (bicyclic) bond motifs is 2. The van der Waals surface area contributed by atoms with Crippen LogP contribution < -0.4 is 20.2 Å². The van der Waals surface area contributed by atoms with Crippen LogP contribution in [0.1, 0.15) is 0 Å². The smallest absolute Gasteiger partial charge is 0.310 e. The number of hydrogen-bond acceptors (Lipinski definition) is 9. The number of nitrogens with one attached hydrogen (secondary N) is 2. The molecule has 0 amide bonds. The fourth-order valence-electron chi connectivity index (χ4n) is 3.02. The highest BCUT2D eigenvalue weighted by Gasteiger charge is 2.42. The first-order chi connectivity index (χ1) is 12.1. The minimum atomic E-state index is -1.21. The number of hydroxylamine groups is 2. The molecule has 1 aromatic heterocycles. The molecule has 0 spiro atoms. The topological polar surface area (TPSA) is 139 Å². The van der Waals surface area contributed by atoms with Crippen LogP contribution in [0.15, 0.2) is 35.2 Å². The average Bonchev–Trinajstić information content (AvgIpc) is 2.90. The van der Waals surface area contributed by atoms with Crippen LogP contribution in [0.2, 0.25) is 0 Å². The van der Waals surface area contributed by atoms with Crippen LogP contribution in [0.25, 0.3) is 6.20 Å². The van der Waals surface area contributed by atoms with Gasteiger partial charge in [0.2, 0.25) is 0 Å². The van der Waals surface area contributed by atoms with Gasteiger partial charge in [0.1, 0.15) is 24.0 Å². The van der Waals surface area contributed by atoms with Crippen molar-refractivity contribution < 1.29 is 24.3 Å². The van der Waals surface area contributed by atoms with Gasteiger partial charge in [0.15, 0.2) is 17.9 Å². The van der Waals surface area contributed by atoms with Crippen molar-refractivity contribution >= 4 is 18.2 Å². The molecule has 3 aliphatic rings. The van der Waals surface area contributed by atoms with E-state index in [4.69, 9.17) is 4.74 Å². The molecule has 4 rings (SSSR count). The number of aliphatic hydroxyl groups excluding tert-OH is 3. The molecular formula is C15H17N5O5. The van der Waals surface area contributed by atoms with Crippen molar-refractivity contribution in [3.8, 4) is 0 Å². The van der Waals surface area contributed by atoms with E-state index >= 15 is 0 Å². The lowest BCUT2D eigenvalue weighted by molar-refractivity contribution is -0.540. The van der Waals surface area contributed by atoms with Crippen molar-refractivity contribution in [2.24, 2.45) is 4.99 Å². The number of hydrogen-bond donors (Lipinski definition) is 5. The summed E-state index contributed by atoms with van der Waals surface area (Å²) in [6.45, 7) is -0.409. The van der Waals surface area contributed by atoms with Crippen molar-refractivity contribution in [1.82, 2.24) is 10.4 Å². The molecule has 25 heavy (non-hydrogen) atoms. The van der Waals surface area contributed by atoms with E-state index in [1.807, 2.05) is 0 Å². The normalized spacial score (nSPS) is 30.2. The Hall–Kier alpha value is -2.50. The Morgan fingerprint density at radius 2 is 2.24 bits per heavy atom. The number of rotatable bonds is 3. The van der Waals surface area contributed by atoms with Crippen LogP contribution in [0.4, 0.5) is 5.69 Å². The summed E-state index contributed by atoms with van der Waals surface area (Å²) in [5.41, 5.74) is 0.888. The third-order valence-electron chi connectivity index (χ3n) is 4.31. The Bertz CT molecular complexity index is 870. The number of anilines is 1. The third kappa shape index (κ3) is 2.56. The quantitative estimate of drug-likeness (QED) is 0.369. The van der Waals surface area contributed by atoms with Crippen LogP contribution in [0, 0.1) is 11.0 Å². The summed E-state index contributed by atoms with van der Waals surface area (Å²) in [5.74, 6) is 0.548. The fraction of sp³-hybridized carbons (Fsp3) is 0.333. The van der Waals surface area contributed by atoms with E-state index in [2.05, 4.69) is 15.6 Å². The summed E-state index contributed by atoms with van der Waals surface area (Å²) in [6.07, 6.45) is 1.87. The zero-order chi connectivity index (χ0) is 17.6. The molecule has 132 valence electrons. The molecule has 10 heteroatoms. The molecule has 4 atom stereocenters. The number of aliphatic hydroxyl groups is 3. The van der Waals surface area contributed by atoms with Crippen LogP contribution in [0.5, 0.6) is 0 Å². The summed E-state index contributed by atoms with van der Waals surface area (Å²) < 4.78 is 7.19. The number of aromatic nitrogens is 1. The van der Waals surface area contributed by atoms with Gasteiger partial charge in [0, 0.05) is 6.20 Å². The Balaban J connectivity index is 1.74. The molecule has 0 radical (unpaired) electrons. The number of nitrogens with zero attached hydrogens (tertiary/aromatic N) is 3. The van der Waals surface area contributed by atoms with Crippen molar-refractivity contribution in [2.75, 3.05) is 11.9 Å². The van der Waals surface area contributed by atoms with E-state index in [-0.39, 0.29) is 0 Å². The molecule has 3 aliphatic heterocycles. The lowest BCUT2D eigenvalue weighted by Crippen LogP contribution is -2.52. The summed E-state index contributed by atoms with van der Waals surface area (Å²) in [7, 11) is 0. The number of ether oxygens (including phenoxy) is 1. The summed E-state index contributed by atoms with van der Waals surface area (Å²) in [5, 5.41) is 48.5. The predicted molar refractivity (Wildman–Crippen MR) is 85.7 cm³/mol. The fourth-order valence-corrected chi connectivity index (χ4v) is 3.02. The van der Waals surface area contributed by atoms with Gasteiger partial charge in [-0.25, -0.2) is 10.3 Å². The first kappa shape index (κ1) is 16.0. The maximum Gasteiger partial charge on any atom is 0.310 e. The van der Waals surface area contributed by atoms with Crippen LogP contribution in [0.3, 0.4) is 0 Å². The second kappa shape index (κ2) is 6.10. The molecule has 1 fully saturated rings. The Labute approximate surface area is 141 Å². The molecule has 4 heterocycles. The van der Waals surface area contributed by atoms with E-state index in [1.165, 1.54) is 18.7 Å². The van der Waals surface area contributed by atoms with Crippen molar-refractivity contribution in [3.05, 3.63) is 46.6 Å². The Morgan fingerprint density at radius 1 is 1.40 bits per heavy atom. The molecule has 0 saturated carbocycles. The van der Waals surface area contributed by atoms with E-state index in [0.717, 1.165) is 0 Å². The Morgan fingerprint density at radius 3 is 3.00 bits per heavy atom. The SMILES string of the molecule is [O-]N1C=c2c(N[C@@H]3O[C@H](CO)[C@@H](O)[C@H]3O)ccc[n+]2=C2NC=NC=C21. The monoisotopic (exact) mass is 347 g/mol. The van der Waals surface area contributed by atoms with Crippen LogP contribution in [-0.2, 0) is 4.74 Å². The number of pyridine rings is 1. The Kier molecular flexibility index (Phi) is 3.90. The van der Waals surface area contributed by atoms with Gasteiger partial charge in [-0.2, -0.15) is 4.24 Å². The van der Waals surface area contributed by atoms with Gasteiger partial charge in [-0.1, -0.05) is 0 Å². The highest BCUT2D eigenvalue weighted by atomic mass is 16.6. The molecule has 10 nitrogen and oxygen atoms in total. The number of aliphatic imine (C=N–C) groups is 1. The van der Waals surface area contributed by atoms with Crippen molar-refractivity contribution in [1.29, 1.82) is 0 Å². The summed E-state index contributed by atoms with van der Waals surface area (Å²) in [6, 6.07) is 3.48. The van der Waals surface area contributed by atoms with Gasteiger partial charge in [-0.05, 0) is 12.1 Å². The van der Waals surface area contributed by atoms with Gasteiger partial charge >= 0.3 is 5.84 Å². The zero-order valence-electron chi connectivity index (χ0n) is 13.0.